The van der Waals surface area contributed by atoms with E-state index < -0.39 is 0 Å². The van der Waals surface area contributed by atoms with E-state index in [1.165, 1.54) is 5.56 Å². The number of anilines is 1. The molecule has 0 fully saturated rings. The van der Waals surface area contributed by atoms with E-state index in [1.807, 2.05) is 60.7 Å². The second kappa shape index (κ2) is 9.54. The predicted octanol–water partition coefficient (Wildman–Crippen LogP) is 5.28. The molecule has 0 spiro atoms. The topological polar surface area (TPSA) is 49.4 Å². The second-order valence-corrected chi connectivity index (χ2v) is 8.81. The van der Waals surface area contributed by atoms with Gasteiger partial charge in [0.2, 0.25) is 5.91 Å². The Balaban J connectivity index is 1.18. The molecule has 0 aliphatic carbocycles. The number of halogens is 1. The van der Waals surface area contributed by atoms with Crippen LogP contribution in [0.1, 0.15) is 28.8 Å². The van der Waals surface area contributed by atoms with Crippen molar-refractivity contribution in [3.05, 3.63) is 76.8 Å². The summed E-state index contributed by atoms with van der Waals surface area (Å²) in [6, 6.07) is 19.6. The van der Waals surface area contributed by atoms with Crippen LogP contribution >= 0.6 is 23.4 Å². The van der Waals surface area contributed by atoms with Crippen LogP contribution in [0.25, 0.3) is 10.8 Å². The molecule has 1 aliphatic heterocycles. The summed E-state index contributed by atoms with van der Waals surface area (Å²) in [6.07, 6.45) is 1.05. The van der Waals surface area contributed by atoms with Crippen molar-refractivity contribution in [3.63, 3.8) is 0 Å². The molecule has 1 heterocycles. The number of nitrogens with zero attached hydrogens (tertiary/aromatic N) is 1. The minimum atomic E-state index is 0.0285. The summed E-state index contributed by atoms with van der Waals surface area (Å²) in [5, 5.41) is 5.81. The molecule has 30 heavy (non-hydrogen) atoms. The number of nitrogens with one attached hydrogen (secondary N) is 1. The van der Waals surface area contributed by atoms with Crippen LogP contribution in [0, 0.1) is 0 Å². The largest absolute Gasteiger partial charge is 0.355 e. The third-order valence-electron chi connectivity index (χ3n) is 5.19. The Morgan fingerprint density at radius 1 is 1.03 bits per heavy atom. The summed E-state index contributed by atoms with van der Waals surface area (Å²) < 4.78 is 0. The number of benzene rings is 3. The highest BCUT2D eigenvalue weighted by Crippen LogP contribution is 2.37. The highest BCUT2D eigenvalue weighted by Gasteiger charge is 2.28. The number of thioether (sulfide) groups is 1. The van der Waals surface area contributed by atoms with E-state index in [0.29, 0.717) is 25.9 Å². The highest BCUT2D eigenvalue weighted by molar-refractivity contribution is 7.98. The van der Waals surface area contributed by atoms with Crippen LogP contribution in [-0.4, -0.2) is 30.7 Å². The van der Waals surface area contributed by atoms with Gasteiger partial charge in [-0.1, -0.05) is 48.0 Å². The van der Waals surface area contributed by atoms with Crippen LogP contribution < -0.4 is 10.2 Å². The molecule has 0 radical (unpaired) electrons. The molecular weight excluding hydrogens is 416 g/mol. The summed E-state index contributed by atoms with van der Waals surface area (Å²) in [4.78, 5) is 26.7. The molecule has 2 amide bonds. The number of carbonyl (C=O) groups is 2. The first-order valence-corrected chi connectivity index (χ1v) is 11.6. The Morgan fingerprint density at radius 2 is 1.80 bits per heavy atom. The number of hydrogen-bond acceptors (Lipinski definition) is 3. The quantitative estimate of drug-likeness (QED) is 0.462. The zero-order valence-corrected chi connectivity index (χ0v) is 18.1. The molecule has 154 valence electrons. The fraction of sp³-hybridized carbons (Fsp3) is 0.250. The Kier molecular flexibility index (Phi) is 6.60. The summed E-state index contributed by atoms with van der Waals surface area (Å²) >= 11 is 7.67. The van der Waals surface area contributed by atoms with Crippen LogP contribution in [0.15, 0.2) is 60.7 Å². The molecule has 0 atom stereocenters. The maximum atomic E-state index is 12.7. The van der Waals surface area contributed by atoms with Gasteiger partial charge in [-0.05, 0) is 41.6 Å². The van der Waals surface area contributed by atoms with E-state index in [9.17, 15) is 9.59 Å². The molecule has 4 nitrogen and oxygen atoms in total. The van der Waals surface area contributed by atoms with Crippen LogP contribution in [0.2, 0.25) is 5.02 Å². The lowest BCUT2D eigenvalue weighted by Gasteiger charge is -2.17. The van der Waals surface area contributed by atoms with E-state index >= 15 is 0 Å². The number of hydrogen-bond donors (Lipinski definition) is 1. The predicted molar refractivity (Wildman–Crippen MR) is 125 cm³/mol. The molecule has 3 aromatic rings. The normalized spacial score (nSPS) is 12.6. The van der Waals surface area contributed by atoms with Crippen molar-refractivity contribution in [1.82, 2.24) is 5.32 Å². The first-order valence-electron chi connectivity index (χ1n) is 10.1. The number of amides is 2. The van der Waals surface area contributed by atoms with Gasteiger partial charge in [0.1, 0.15) is 0 Å². The van der Waals surface area contributed by atoms with E-state index in [4.69, 9.17) is 11.6 Å². The Hall–Kier alpha value is -2.50. The fourth-order valence-electron chi connectivity index (χ4n) is 3.72. The summed E-state index contributed by atoms with van der Waals surface area (Å²) in [5.41, 5.74) is 2.93. The molecule has 4 rings (SSSR count). The van der Waals surface area contributed by atoms with Gasteiger partial charge in [0.05, 0.1) is 5.69 Å². The van der Waals surface area contributed by atoms with Crippen molar-refractivity contribution in [2.75, 3.05) is 23.7 Å². The summed E-state index contributed by atoms with van der Waals surface area (Å²) in [6.45, 7) is 1.19. The van der Waals surface area contributed by atoms with Gasteiger partial charge in [-0.2, -0.15) is 11.8 Å². The van der Waals surface area contributed by atoms with Gasteiger partial charge in [0.25, 0.3) is 5.91 Å². The van der Waals surface area contributed by atoms with Crippen LogP contribution in [0.4, 0.5) is 5.69 Å². The van der Waals surface area contributed by atoms with Crippen molar-refractivity contribution in [2.45, 2.75) is 18.6 Å². The van der Waals surface area contributed by atoms with Crippen LogP contribution in [0.3, 0.4) is 0 Å². The van der Waals surface area contributed by atoms with Gasteiger partial charge >= 0.3 is 0 Å². The Morgan fingerprint density at radius 3 is 2.60 bits per heavy atom. The second-order valence-electron chi connectivity index (χ2n) is 7.27. The van der Waals surface area contributed by atoms with Gasteiger partial charge < -0.3 is 10.2 Å². The van der Waals surface area contributed by atoms with Gasteiger partial charge in [-0.15, -0.1) is 0 Å². The molecule has 1 aliphatic rings. The van der Waals surface area contributed by atoms with E-state index in [2.05, 4.69) is 5.32 Å². The Labute approximate surface area is 185 Å². The number of rotatable bonds is 9. The third kappa shape index (κ3) is 4.63. The van der Waals surface area contributed by atoms with E-state index in [-0.39, 0.29) is 11.8 Å². The lowest BCUT2D eigenvalue weighted by atomic mass is 10.1. The van der Waals surface area contributed by atoms with E-state index in [1.54, 1.807) is 16.7 Å². The Bertz CT molecular complexity index is 1060. The van der Waals surface area contributed by atoms with Crippen molar-refractivity contribution < 1.29 is 9.59 Å². The first-order chi connectivity index (χ1) is 14.6. The molecule has 0 unspecified atom stereocenters. The van der Waals surface area contributed by atoms with Crippen molar-refractivity contribution in [1.29, 1.82) is 0 Å². The molecule has 0 aromatic heterocycles. The number of carbonyl (C=O) groups excluding carboxylic acids is 2. The SMILES string of the molecule is O=C(CCCN1C(=O)c2cccc3cccc1c23)NCCSCc1ccc(Cl)cc1. The minimum Gasteiger partial charge on any atom is -0.355 e. The van der Waals surface area contributed by atoms with Gasteiger partial charge in [-0.3, -0.25) is 9.59 Å². The van der Waals surface area contributed by atoms with Crippen molar-refractivity contribution in [3.8, 4) is 0 Å². The van der Waals surface area contributed by atoms with Crippen molar-refractivity contribution >= 4 is 51.6 Å². The average Bonchev–Trinajstić information content (AvgIpc) is 3.03. The molecule has 1 N–H and O–H groups in total. The monoisotopic (exact) mass is 438 g/mol. The van der Waals surface area contributed by atoms with Crippen LogP contribution in [-0.2, 0) is 10.5 Å². The summed E-state index contributed by atoms with van der Waals surface area (Å²) in [7, 11) is 0. The average molecular weight is 439 g/mol. The molecule has 0 bridgehead atoms. The maximum Gasteiger partial charge on any atom is 0.258 e. The first kappa shape index (κ1) is 20.8. The fourth-order valence-corrected chi connectivity index (χ4v) is 4.67. The van der Waals surface area contributed by atoms with Gasteiger partial charge in [-0.25, -0.2) is 0 Å². The molecule has 3 aromatic carbocycles. The summed E-state index contributed by atoms with van der Waals surface area (Å²) in [5.74, 6) is 1.82. The van der Waals surface area contributed by atoms with Crippen molar-refractivity contribution in [2.24, 2.45) is 0 Å². The van der Waals surface area contributed by atoms with E-state index in [0.717, 1.165) is 38.6 Å². The maximum absolute atomic E-state index is 12.7. The molecule has 6 heteroatoms. The third-order valence-corrected chi connectivity index (χ3v) is 6.47. The lowest BCUT2D eigenvalue weighted by molar-refractivity contribution is -0.121. The van der Waals surface area contributed by atoms with Crippen LogP contribution in [0.5, 0.6) is 0 Å². The lowest BCUT2D eigenvalue weighted by Crippen LogP contribution is -2.30. The highest BCUT2D eigenvalue weighted by atomic mass is 35.5. The molecular formula is C24H23ClN2O2S. The molecule has 0 saturated heterocycles. The van der Waals surface area contributed by atoms with Gasteiger partial charge in [0, 0.05) is 47.0 Å². The zero-order valence-electron chi connectivity index (χ0n) is 16.6. The smallest absolute Gasteiger partial charge is 0.258 e. The van der Waals surface area contributed by atoms with Gasteiger partial charge in [0.15, 0.2) is 0 Å². The zero-order chi connectivity index (χ0) is 20.9. The molecule has 0 saturated carbocycles. The standard InChI is InChI=1S/C24H23ClN2O2S/c25-19-11-9-17(10-12-19)16-30-15-13-26-22(28)8-3-14-27-21-7-2-5-18-4-1-6-20(23(18)21)24(27)29/h1-2,4-7,9-12H,3,8,13-16H2,(H,26,28). The minimum absolute atomic E-state index is 0.0285.